The maximum absolute atomic E-state index is 13.7. The first kappa shape index (κ1) is 14.2. The lowest BCUT2D eigenvalue weighted by atomic mass is 10.1. The van der Waals surface area contributed by atoms with Gasteiger partial charge in [-0.25, -0.2) is 13.8 Å². The Bertz CT molecular complexity index is 696. The van der Waals surface area contributed by atoms with Crippen LogP contribution >= 0.6 is 11.3 Å². The van der Waals surface area contributed by atoms with Gasteiger partial charge in [0.15, 0.2) is 0 Å². The summed E-state index contributed by atoms with van der Waals surface area (Å²) >= 11 is 1.05. The van der Waals surface area contributed by atoms with E-state index in [1.165, 1.54) is 11.4 Å². The Hall–Kier alpha value is -2.26. The monoisotopic (exact) mass is 292 g/mol. The number of aliphatic hydroxyl groups is 1. The number of hydrogen-bond acceptors (Lipinski definition) is 4. The van der Waals surface area contributed by atoms with Crippen molar-refractivity contribution in [2.24, 2.45) is 0 Å². The molecule has 1 heterocycles. The molecule has 0 spiro atoms. The predicted molar refractivity (Wildman–Crippen MR) is 72.9 cm³/mol. The van der Waals surface area contributed by atoms with Crippen molar-refractivity contribution in [2.45, 2.75) is 13.3 Å². The lowest BCUT2D eigenvalue weighted by molar-refractivity contribution is 0.398. The van der Waals surface area contributed by atoms with Gasteiger partial charge in [0.05, 0.1) is 11.3 Å². The molecule has 0 aliphatic rings. The summed E-state index contributed by atoms with van der Waals surface area (Å²) in [6.45, 7) is 1.69. The van der Waals surface area contributed by atoms with Gasteiger partial charge in [-0.05, 0) is 12.1 Å². The van der Waals surface area contributed by atoms with Crippen molar-refractivity contribution in [1.82, 2.24) is 4.98 Å². The van der Waals surface area contributed by atoms with Crippen molar-refractivity contribution in [2.75, 3.05) is 0 Å². The topological polar surface area (TPSA) is 56.9 Å². The van der Waals surface area contributed by atoms with Gasteiger partial charge in [0.2, 0.25) is 0 Å². The van der Waals surface area contributed by atoms with Gasteiger partial charge >= 0.3 is 0 Å². The highest BCUT2D eigenvalue weighted by Gasteiger charge is 2.17. The predicted octanol–water partition coefficient (Wildman–Crippen LogP) is 4.29. The van der Waals surface area contributed by atoms with Gasteiger partial charge in [-0.1, -0.05) is 13.0 Å². The van der Waals surface area contributed by atoms with Crippen LogP contribution in [-0.4, -0.2) is 10.1 Å². The number of aliphatic hydroxyl groups excluding tert-OH is 1. The highest BCUT2D eigenvalue weighted by Crippen LogP contribution is 2.30. The molecule has 102 valence electrons. The lowest BCUT2D eigenvalue weighted by Crippen LogP contribution is -1.92. The molecule has 0 saturated carbocycles. The van der Waals surface area contributed by atoms with Gasteiger partial charge in [0.25, 0.3) is 0 Å². The number of allylic oxidation sites excluding steroid dienone is 2. The van der Waals surface area contributed by atoms with Crippen LogP contribution in [-0.2, 0) is 0 Å². The summed E-state index contributed by atoms with van der Waals surface area (Å²) in [6.07, 6.45) is 0.284. The van der Waals surface area contributed by atoms with Crippen molar-refractivity contribution < 1.29 is 13.9 Å². The van der Waals surface area contributed by atoms with Crippen LogP contribution in [0.5, 0.6) is 0 Å². The van der Waals surface area contributed by atoms with E-state index in [0.717, 1.165) is 23.5 Å². The Morgan fingerprint density at radius 1 is 1.40 bits per heavy atom. The van der Waals surface area contributed by atoms with Crippen LogP contribution in [0, 0.1) is 23.0 Å². The molecule has 20 heavy (non-hydrogen) atoms. The van der Waals surface area contributed by atoms with Crippen LogP contribution in [0.4, 0.5) is 8.78 Å². The number of halogens is 2. The van der Waals surface area contributed by atoms with Gasteiger partial charge in [-0.3, -0.25) is 0 Å². The van der Waals surface area contributed by atoms with E-state index < -0.39 is 11.6 Å². The van der Waals surface area contributed by atoms with E-state index in [1.54, 1.807) is 6.92 Å². The normalized spacial score (nSPS) is 11.9. The molecule has 0 amide bonds. The Morgan fingerprint density at radius 2 is 2.05 bits per heavy atom. The summed E-state index contributed by atoms with van der Waals surface area (Å²) in [5.41, 5.74) is -0.0963. The second-order valence-electron chi connectivity index (χ2n) is 3.92. The largest absolute Gasteiger partial charge is 0.511 e. The van der Waals surface area contributed by atoms with E-state index >= 15 is 0 Å². The van der Waals surface area contributed by atoms with Gasteiger partial charge in [0, 0.05) is 11.8 Å². The van der Waals surface area contributed by atoms with Crippen LogP contribution in [0.2, 0.25) is 0 Å². The molecule has 1 N–H and O–H groups in total. The zero-order valence-corrected chi connectivity index (χ0v) is 11.3. The summed E-state index contributed by atoms with van der Waals surface area (Å²) in [5.74, 6) is -1.53. The molecule has 0 aliphatic heterocycles. The van der Waals surface area contributed by atoms with Gasteiger partial charge in [-0.2, -0.15) is 5.26 Å². The van der Waals surface area contributed by atoms with E-state index in [-0.39, 0.29) is 34.0 Å². The van der Waals surface area contributed by atoms with Crippen molar-refractivity contribution in [3.05, 3.63) is 46.0 Å². The molecule has 0 unspecified atom stereocenters. The SMILES string of the molecule is CCC(O)=C(C#N)c1nc(-c2c(F)cccc2F)cs1. The average molecular weight is 292 g/mol. The number of benzene rings is 1. The molecule has 1 aromatic heterocycles. The zero-order valence-electron chi connectivity index (χ0n) is 10.5. The second kappa shape index (κ2) is 5.80. The minimum absolute atomic E-state index is 0.0282. The Morgan fingerprint density at radius 3 is 2.60 bits per heavy atom. The van der Waals surface area contributed by atoms with Gasteiger partial charge in [-0.15, -0.1) is 11.3 Å². The van der Waals surface area contributed by atoms with Crippen LogP contribution in [0.15, 0.2) is 29.3 Å². The number of aromatic nitrogens is 1. The lowest BCUT2D eigenvalue weighted by Gasteiger charge is -2.01. The molecular weight excluding hydrogens is 282 g/mol. The van der Waals surface area contributed by atoms with E-state index in [1.807, 2.05) is 6.07 Å². The minimum Gasteiger partial charge on any atom is -0.511 e. The maximum atomic E-state index is 13.7. The molecule has 0 aliphatic carbocycles. The molecule has 0 atom stereocenters. The highest BCUT2D eigenvalue weighted by molar-refractivity contribution is 7.11. The average Bonchev–Trinajstić information content (AvgIpc) is 2.88. The van der Waals surface area contributed by atoms with E-state index in [9.17, 15) is 13.9 Å². The third-order valence-electron chi connectivity index (χ3n) is 2.67. The summed E-state index contributed by atoms with van der Waals surface area (Å²) in [7, 11) is 0. The number of hydrogen-bond donors (Lipinski definition) is 1. The minimum atomic E-state index is -0.718. The molecule has 0 saturated heterocycles. The number of nitriles is 1. The van der Waals surface area contributed by atoms with Crippen LogP contribution in [0.1, 0.15) is 18.4 Å². The fourth-order valence-corrected chi connectivity index (χ4v) is 2.48. The molecule has 3 nitrogen and oxygen atoms in total. The maximum Gasteiger partial charge on any atom is 0.138 e. The Kier molecular flexibility index (Phi) is 4.11. The number of thiazole rings is 1. The van der Waals surface area contributed by atoms with Crippen LogP contribution in [0.25, 0.3) is 16.8 Å². The van der Waals surface area contributed by atoms with Crippen molar-refractivity contribution in [3.63, 3.8) is 0 Å². The molecule has 0 radical (unpaired) electrons. The summed E-state index contributed by atoms with van der Waals surface area (Å²) in [5, 5.41) is 20.4. The fourth-order valence-electron chi connectivity index (χ4n) is 1.66. The Balaban J connectivity index is 2.53. The van der Waals surface area contributed by atoms with Crippen LogP contribution < -0.4 is 0 Å². The highest BCUT2D eigenvalue weighted by atomic mass is 32.1. The van der Waals surface area contributed by atoms with Crippen molar-refractivity contribution >= 4 is 16.9 Å². The molecule has 2 aromatic rings. The van der Waals surface area contributed by atoms with E-state index in [0.29, 0.717) is 0 Å². The first-order valence-electron chi connectivity index (χ1n) is 5.81. The smallest absolute Gasteiger partial charge is 0.138 e. The number of nitrogens with zero attached hydrogens (tertiary/aromatic N) is 2. The fraction of sp³-hybridized carbons (Fsp3) is 0.143. The molecular formula is C14H10F2N2OS. The van der Waals surface area contributed by atoms with E-state index in [2.05, 4.69) is 4.98 Å². The second-order valence-corrected chi connectivity index (χ2v) is 4.78. The molecule has 6 heteroatoms. The third-order valence-corrected chi connectivity index (χ3v) is 3.53. The zero-order chi connectivity index (χ0) is 14.7. The quantitative estimate of drug-likeness (QED) is 0.678. The first-order valence-corrected chi connectivity index (χ1v) is 6.69. The number of rotatable bonds is 3. The molecule has 1 aromatic carbocycles. The third kappa shape index (κ3) is 2.53. The molecule has 0 bridgehead atoms. The summed E-state index contributed by atoms with van der Waals surface area (Å²) in [4.78, 5) is 4.04. The Labute approximate surface area is 118 Å². The molecule has 2 rings (SSSR count). The standard InChI is InChI=1S/C14H10F2N2OS/c1-2-12(19)8(6-17)14-18-11(7-20-14)13-9(15)4-3-5-10(13)16/h3-5,7,19H,2H2,1H3. The summed E-state index contributed by atoms with van der Waals surface area (Å²) in [6, 6.07) is 5.40. The first-order chi connectivity index (χ1) is 9.58. The van der Waals surface area contributed by atoms with Crippen molar-refractivity contribution in [1.29, 1.82) is 5.26 Å². The van der Waals surface area contributed by atoms with E-state index in [4.69, 9.17) is 5.26 Å². The van der Waals surface area contributed by atoms with Crippen LogP contribution in [0.3, 0.4) is 0 Å². The summed E-state index contributed by atoms with van der Waals surface area (Å²) < 4.78 is 27.3. The van der Waals surface area contributed by atoms with Crippen molar-refractivity contribution in [3.8, 4) is 17.3 Å². The van der Waals surface area contributed by atoms with Gasteiger partial charge in [0.1, 0.15) is 34.0 Å². The molecule has 0 fully saturated rings. The van der Waals surface area contributed by atoms with Gasteiger partial charge < -0.3 is 5.11 Å².